The molecule has 2 aromatic heterocycles. The largest absolute Gasteiger partial charge is 0.486 e. The van der Waals surface area contributed by atoms with Crippen molar-refractivity contribution in [3.63, 3.8) is 0 Å². The minimum Gasteiger partial charge on any atom is -0.486 e. The lowest BCUT2D eigenvalue weighted by Crippen LogP contribution is -2.07. The Labute approximate surface area is 157 Å². The maximum atomic E-state index is 11.6. The molecule has 0 radical (unpaired) electrons. The van der Waals surface area contributed by atoms with Gasteiger partial charge in [0.1, 0.15) is 0 Å². The second kappa shape index (κ2) is 9.26. The first-order valence-corrected chi connectivity index (χ1v) is 9.41. The van der Waals surface area contributed by atoms with Gasteiger partial charge >= 0.3 is 11.6 Å². The van der Waals surface area contributed by atoms with Crippen molar-refractivity contribution in [1.82, 2.24) is 0 Å². The highest BCUT2D eigenvalue weighted by Crippen LogP contribution is 2.35. The molecular formula is C21H24O6. The fourth-order valence-electron chi connectivity index (χ4n) is 2.89. The van der Waals surface area contributed by atoms with E-state index in [4.69, 9.17) is 18.3 Å². The predicted octanol–water partition coefficient (Wildman–Crippen LogP) is 4.82. The molecule has 0 N–H and O–H groups in total. The van der Waals surface area contributed by atoms with Crippen LogP contribution in [0.5, 0.6) is 5.75 Å². The third-order valence-electron chi connectivity index (χ3n) is 4.32. The molecule has 0 fully saturated rings. The summed E-state index contributed by atoms with van der Waals surface area (Å²) in [6.07, 6.45) is 6.48. The van der Waals surface area contributed by atoms with Gasteiger partial charge in [0, 0.05) is 23.3 Å². The molecule has 2 heterocycles. The smallest absolute Gasteiger partial charge is 0.336 e. The van der Waals surface area contributed by atoms with E-state index >= 15 is 0 Å². The van der Waals surface area contributed by atoms with E-state index in [2.05, 4.69) is 6.92 Å². The number of hydrogen-bond donors (Lipinski definition) is 0. The number of fused-ring (bicyclic) bond motifs is 2. The molecule has 0 spiro atoms. The summed E-state index contributed by atoms with van der Waals surface area (Å²) in [5.41, 5.74) is 0.500. The maximum Gasteiger partial charge on any atom is 0.336 e. The third-order valence-corrected chi connectivity index (χ3v) is 4.32. The van der Waals surface area contributed by atoms with Gasteiger partial charge in [0.15, 0.2) is 11.2 Å². The Morgan fingerprint density at radius 1 is 1.00 bits per heavy atom. The number of hydrogen-bond acceptors (Lipinski definition) is 6. The Hall–Kier alpha value is -2.76. The monoisotopic (exact) mass is 372 g/mol. The van der Waals surface area contributed by atoms with Crippen molar-refractivity contribution < 1.29 is 23.1 Å². The van der Waals surface area contributed by atoms with Gasteiger partial charge in [0.25, 0.3) is 0 Å². The number of carbonyl (C=O) groups excluding carboxylic acids is 1. The number of unbranched alkanes of at least 4 members (excludes halogenated alkanes) is 3. The summed E-state index contributed by atoms with van der Waals surface area (Å²) in [5.74, 6) is 0.291. The molecule has 0 bridgehead atoms. The summed E-state index contributed by atoms with van der Waals surface area (Å²) >= 11 is 0. The van der Waals surface area contributed by atoms with Gasteiger partial charge in [-0.2, -0.15) is 0 Å². The van der Waals surface area contributed by atoms with Crippen LogP contribution in [0.25, 0.3) is 21.9 Å². The molecule has 1 aromatic carbocycles. The van der Waals surface area contributed by atoms with Crippen LogP contribution >= 0.6 is 0 Å². The summed E-state index contributed by atoms with van der Waals surface area (Å²) in [6, 6.07) is 6.82. The summed E-state index contributed by atoms with van der Waals surface area (Å²) in [5, 5.41) is 1.66. The normalized spacial score (nSPS) is 11.1. The van der Waals surface area contributed by atoms with Gasteiger partial charge in [-0.15, -0.1) is 0 Å². The van der Waals surface area contributed by atoms with Crippen LogP contribution in [0.1, 0.15) is 45.4 Å². The molecule has 0 aliphatic carbocycles. The van der Waals surface area contributed by atoms with Crippen LogP contribution in [-0.4, -0.2) is 19.2 Å². The van der Waals surface area contributed by atoms with Gasteiger partial charge < -0.3 is 18.3 Å². The topological polar surface area (TPSA) is 78.9 Å². The molecule has 0 aliphatic rings. The standard InChI is InChI=1S/C21H24O6/c1-2-3-4-7-17(22)24-11-5-6-12-25-21-19-16(10-13-26-19)14-15-8-9-18(23)27-20(15)21/h8-10,13-14H,2-7,11-12H2,1H3. The fraction of sp³-hybridized carbons (Fsp3) is 0.429. The minimum absolute atomic E-state index is 0.141. The minimum atomic E-state index is -0.437. The van der Waals surface area contributed by atoms with Crippen molar-refractivity contribution in [2.24, 2.45) is 0 Å². The van der Waals surface area contributed by atoms with E-state index in [1.807, 2.05) is 12.1 Å². The lowest BCUT2D eigenvalue weighted by atomic mass is 10.1. The second-order valence-corrected chi connectivity index (χ2v) is 6.45. The summed E-state index contributed by atoms with van der Waals surface area (Å²) in [4.78, 5) is 23.1. The summed E-state index contributed by atoms with van der Waals surface area (Å²) in [7, 11) is 0. The van der Waals surface area contributed by atoms with Gasteiger partial charge in [-0.25, -0.2) is 4.79 Å². The van der Waals surface area contributed by atoms with Crippen molar-refractivity contribution in [2.45, 2.75) is 45.4 Å². The lowest BCUT2D eigenvalue weighted by Gasteiger charge is -2.09. The SMILES string of the molecule is CCCCCC(=O)OCCCCOc1c2occc2cc2ccc(=O)oc12. The zero-order valence-electron chi connectivity index (χ0n) is 15.5. The zero-order valence-corrected chi connectivity index (χ0v) is 15.5. The van der Waals surface area contributed by atoms with E-state index in [-0.39, 0.29) is 5.97 Å². The number of carbonyl (C=O) groups is 1. The first-order chi connectivity index (χ1) is 13.2. The number of benzene rings is 1. The molecule has 0 saturated heterocycles. The van der Waals surface area contributed by atoms with Crippen LogP contribution in [0.3, 0.4) is 0 Å². The van der Waals surface area contributed by atoms with Crippen LogP contribution in [0.15, 0.2) is 44.2 Å². The number of furan rings is 1. The van der Waals surface area contributed by atoms with Gasteiger partial charge in [0.2, 0.25) is 5.75 Å². The van der Waals surface area contributed by atoms with Crippen LogP contribution in [0.2, 0.25) is 0 Å². The number of esters is 1. The molecule has 0 atom stereocenters. The van der Waals surface area contributed by atoms with Gasteiger partial charge in [-0.05, 0) is 37.5 Å². The van der Waals surface area contributed by atoms with Crippen molar-refractivity contribution in [1.29, 1.82) is 0 Å². The molecule has 0 saturated carbocycles. The van der Waals surface area contributed by atoms with Gasteiger partial charge in [-0.3, -0.25) is 4.79 Å². The molecule has 6 heteroatoms. The molecule has 0 unspecified atom stereocenters. The Balaban J connectivity index is 1.54. The molecule has 6 nitrogen and oxygen atoms in total. The van der Waals surface area contributed by atoms with Crippen molar-refractivity contribution in [2.75, 3.05) is 13.2 Å². The average molecular weight is 372 g/mol. The van der Waals surface area contributed by atoms with Crippen LogP contribution in [0.4, 0.5) is 0 Å². The second-order valence-electron chi connectivity index (χ2n) is 6.45. The Kier molecular flexibility index (Phi) is 6.52. The molecule has 0 aliphatic heterocycles. The zero-order chi connectivity index (χ0) is 19.1. The van der Waals surface area contributed by atoms with Gasteiger partial charge in [-0.1, -0.05) is 19.8 Å². The highest BCUT2D eigenvalue weighted by molar-refractivity contribution is 5.99. The molecule has 3 aromatic rings. The average Bonchev–Trinajstić information content (AvgIpc) is 3.12. The van der Waals surface area contributed by atoms with E-state index in [9.17, 15) is 9.59 Å². The van der Waals surface area contributed by atoms with E-state index < -0.39 is 5.63 Å². The molecule has 27 heavy (non-hydrogen) atoms. The van der Waals surface area contributed by atoms with Crippen molar-refractivity contribution >= 4 is 27.9 Å². The first-order valence-electron chi connectivity index (χ1n) is 9.41. The molecule has 144 valence electrons. The third kappa shape index (κ3) is 4.90. The summed E-state index contributed by atoms with van der Waals surface area (Å²) in [6.45, 7) is 2.89. The van der Waals surface area contributed by atoms with Crippen molar-refractivity contribution in [3.05, 3.63) is 40.9 Å². The molecule has 3 rings (SSSR count). The Bertz CT molecular complexity index is 952. The molecule has 0 amide bonds. The van der Waals surface area contributed by atoms with Gasteiger partial charge in [0.05, 0.1) is 19.5 Å². The maximum absolute atomic E-state index is 11.6. The van der Waals surface area contributed by atoms with E-state index in [1.54, 1.807) is 12.3 Å². The number of ether oxygens (including phenoxy) is 2. The predicted molar refractivity (Wildman–Crippen MR) is 102 cm³/mol. The number of rotatable bonds is 10. The highest BCUT2D eigenvalue weighted by atomic mass is 16.5. The Morgan fingerprint density at radius 2 is 1.81 bits per heavy atom. The quantitative estimate of drug-likeness (QED) is 0.288. The van der Waals surface area contributed by atoms with Crippen LogP contribution < -0.4 is 10.4 Å². The van der Waals surface area contributed by atoms with Crippen LogP contribution in [-0.2, 0) is 9.53 Å². The fourth-order valence-corrected chi connectivity index (χ4v) is 2.89. The van der Waals surface area contributed by atoms with E-state index in [0.29, 0.717) is 49.4 Å². The molecular weight excluding hydrogens is 348 g/mol. The Morgan fingerprint density at radius 3 is 2.67 bits per heavy atom. The van der Waals surface area contributed by atoms with Crippen LogP contribution in [0, 0.1) is 0 Å². The van der Waals surface area contributed by atoms with Crippen molar-refractivity contribution in [3.8, 4) is 5.75 Å². The van der Waals surface area contributed by atoms with E-state index in [1.165, 1.54) is 6.07 Å². The first kappa shape index (κ1) is 19.0. The lowest BCUT2D eigenvalue weighted by molar-refractivity contribution is -0.143. The van der Waals surface area contributed by atoms with E-state index in [0.717, 1.165) is 30.0 Å². The summed E-state index contributed by atoms with van der Waals surface area (Å²) < 4.78 is 21.9. The highest BCUT2D eigenvalue weighted by Gasteiger charge is 2.14.